The first-order valence-corrected chi connectivity index (χ1v) is 9.13. The van der Waals surface area contributed by atoms with Gasteiger partial charge in [-0.2, -0.15) is 5.26 Å². The van der Waals surface area contributed by atoms with E-state index in [9.17, 15) is 0 Å². The van der Waals surface area contributed by atoms with Crippen molar-refractivity contribution in [2.75, 3.05) is 7.11 Å². The molecule has 0 saturated heterocycles. The van der Waals surface area contributed by atoms with Crippen LogP contribution in [0.25, 0.3) is 0 Å². The highest BCUT2D eigenvalue weighted by Crippen LogP contribution is 2.56. The number of methoxy groups -OCH3 is 1. The van der Waals surface area contributed by atoms with Gasteiger partial charge in [0.15, 0.2) is 4.87 Å². The van der Waals surface area contributed by atoms with Crippen molar-refractivity contribution in [2.45, 2.75) is 42.6 Å². The minimum Gasteiger partial charge on any atom is -0.371 e. The summed E-state index contributed by atoms with van der Waals surface area (Å²) in [5.74, 6) is 0. The van der Waals surface area contributed by atoms with Gasteiger partial charge < -0.3 is 4.74 Å². The molecule has 0 aromatic carbocycles. The van der Waals surface area contributed by atoms with Gasteiger partial charge >= 0.3 is 0 Å². The Balaban J connectivity index is 3.04. The third-order valence-electron chi connectivity index (χ3n) is 2.97. The minimum atomic E-state index is -1.35. The van der Waals surface area contributed by atoms with Crippen LogP contribution >= 0.6 is 11.6 Å². The largest absolute Gasteiger partial charge is 0.371 e. The summed E-state index contributed by atoms with van der Waals surface area (Å²) in [6.07, 6.45) is 0.545. The Labute approximate surface area is 97.9 Å². The molecule has 4 heteroatoms. The normalized spacial score (nSPS) is 35.9. The molecule has 1 aliphatic rings. The van der Waals surface area contributed by atoms with Crippen molar-refractivity contribution in [3.63, 3.8) is 0 Å². The fourth-order valence-corrected chi connectivity index (χ4v) is 5.01. The lowest BCUT2D eigenvalue weighted by atomic mass is 9.66. The lowest BCUT2D eigenvalue weighted by Gasteiger charge is -2.54. The molecule has 0 heterocycles. The van der Waals surface area contributed by atoms with E-state index < -0.39 is 18.5 Å². The van der Waals surface area contributed by atoms with E-state index >= 15 is 0 Å². The zero-order valence-electron chi connectivity index (χ0n) is 9.85. The number of nitriles is 1. The van der Waals surface area contributed by atoms with Gasteiger partial charge in [0.25, 0.3) is 0 Å². The van der Waals surface area contributed by atoms with Crippen molar-refractivity contribution >= 4 is 19.7 Å². The van der Waals surface area contributed by atoms with E-state index in [1.807, 2.05) is 0 Å². The van der Waals surface area contributed by atoms with E-state index in [-0.39, 0.29) is 0 Å². The van der Waals surface area contributed by atoms with E-state index in [0.717, 1.165) is 11.6 Å². The van der Waals surface area contributed by atoms with Gasteiger partial charge in [0.05, 0.1) is 6.07 Å². The fraction of sp³-hybridized carbons (Fsp3) is 0.727. The Morgan fingerprint density at radius 2 is 2.13 bits per heavy atom. The maximum absolute atomic E-state index is 9.14. The molecule has 1 aliphatic carbocycles. The smallest absolute Gasteiger partial charge is 0.167 e. The van der Waals surface area contributed by atoms with Gasteiger partial charge in [0.1, 0.15) is 5.60 Å². The van der Waals surface area contributed by atoms with Gasteiger partial charge in [-0.1, -0.05) is 37.8 Å². The maximum Gasteiger partial charge on any atom is 0.167 e. The minimum absolute atomic E-state index is 0.545. The van der Waals surface area contributed by atoms with Crippen molar-refractivity contribution in [3.05, 3.63) is 12.2 Å². The van der Waals surface area contributed by atoms with Crippen molar-refractivity contribution in [1.82, 2.24) is 0 Å². The van der Waals surface area contributed by atoms with Crippen LogP contribution in [0, 0.1) is 11.3 Å². The molecule has 0 aromatic rings. The summed E-state index contributed by atoms with van der Waals surface area (Å²) in [4.78, 5) is -0.904. The summed E-state index contributed by atoms with van der Waals surface area (Å²) in [7, 11) is 0.272. The Morgan fingerprint density at radius 1 is 1.60 bits per heavy atom. The summed E-state index contributed by atoms with van der Waals surface area (Å²) in [6, 6.07) is 3.03. The first-order valence-electron chi connectivity index (χ1n) is 5.04. The van der Waals surface area contributed by atoms with E-state index in [4.69, 9.17) is 21.6 Å². The molecule has 2 atom stereocenters. The van der Waals surface area contributed by atoms with E-state index in [0.29, 0.717) is 6.42 Å². The number of nitrogens with zero attached hydrogens (tertiary/aromatic N) is 1. The van der Waals surface area contributed by atoms with Gasteiger partial charge in [-0.05, 0) is 11.6 Å². The molecule has 15 heavy (non-hydrogen) atoms. The molecule has 0 aromatic heterocycles. The molecule has 1 rings (SSSR count). The predicted molar refractivity (Wildman–Crippen MR) is 65.8 cm³/mol. The Bertz CT molecular complexity index is 330. The Morgan fingerprint density at radius 3 is 2.40 bits per heavy atom. The van der Waals surface area contributed by atoms with Gasteiger partial charge in [-0.25, -0.2) is 0 Å². The molecule has 0 bridgehead atoms. The Kier molecular flexibility index (Phi) is 3.08. The molecule has 0 N–H and O–H groups in total. The molecule has 1 saturated carbocycles. The first kappa shape index (κ1) is 12.8. The number of halogens is 1. The average molecular weight is 244 g/mol. The molecule has 0 spiro atoms. The first-order chi connectivity index (χ1) is 6.71. The lowest BCUT2D eigenvalue weighted by molar-refractivity contribution is -0.0226. The number of hydrogen-bond acceptors (Lipinski definition) is 2. The molecule has 2 unspecified atom stereocenters. The third-order valence-corrected chi connectivity index (χ3v) is 5.06. The van der Waals surface area contributed by atoms with E-state index in [1.165, 1.54) is 0 Å². The molecule has 84 valence electrons. The summed E-state index contributed by atoms with van der Waals surface area (Å²) in [6.45, 7) is 10.7. The zero-order valence-corrected chi connectivity index (χ0v) is 11.6. The molecule has 0 radical (unpaired) electrons. The van der Waals surface area contributed by atoms with Gasteiger partial charge in [-0.3, -0.25) is 0 Å². The van der Waals surface area contributed by atoms with Crippen LogP contribution in [0.4, 0.5) is 0 Å². The number of ether oxygens (including phenoxy) is 1. The summed E-state index contributed by atoms with van der Waals surface area (Å²) in [5, 5.41) is 9.14. The number of hydrogen-bond donors (Lipinski definition) is 0. The van der Waals surface area contributed by atoms with Crippen LogP contribution in [-0.4, -0.2) is 25.7 Å². The third kappa shape index (κ3) is 1.87. The van der Waals surface area contributed by atoms with E-state index in [1.54, 1.807) is 7.11 Å². The molecule has 2 nitrogen and oxygen atoms in total. The Hall–Kier alpha value is -0.303. The second-order valence-corrected chi connectivity index (χ2v) is 11.6. The SMILES string of the molecule is C=C1CC(Cl)(C#N)C1(C[Si](C)(C)C)OC. The highest BCUT2D eigenvalue weighted by atomic mass is 35.5. The highest BCUT2D eigenvalue weighted by molar-refractivity contribution is 6.76. The summed E-state index contributed by atoms with van der Waals surface area (Å²) in [5.41, 5.74) is 0.345. The van der Waals surface area contributed by atoms with Gasteiger partial charge in [0.2, 0.25) is 0 Å². The zero-order chi connectivity index (χ0) is 11.9. The van der Waals surface area contributed by atoms with Crippen LogP contribution in [0.3, 0.4) is 0 Å². The van der Waals surface area contributed by atoms with Crippen LogP contribution < -0.4 is 0 Å². The molecular weight excluding hydrogens is 226 g/mol. The standard InChI is InChI=1S/C11H18ClNOSi/c1-9-6-10(12,7-13)11(9,14-2)8-15(3,4)5/h1,6,8H2,2-5H3. The monoisotopic (exact) mass is 243 g/mol. The lowest BCUT2D eigenvalue weighted by Crippen LogP contribution is -2.63. The number of alkyl halides is 1. The van der Waals surface area contributed by atoms with Crippen LogP contribution in [0.1, 0.15) is 6.42 Å². The molecule has 0 amide bonds. The molecule has 0 aliphatic heterocycles. The van der Waals surface area contributed by atoms with Crippen LogP contribution in [0.15, 0.2) is 12.2 Å². The summed E-state index contributed by atoms with van der Waals surface area (Å²) < 4.78 is 5.55. The molecule has 1 fully saturated rings. The number of rotatable bonds is 3. The summed E-state index contributed by atoms with van der Waals surface area (Å²) >= 11 is 6.29. The molecular formula is C11H18ClNOSi. The van der Waals surface area contributed by atoms with Crippen molar-refractivity contribution in [1.29, 1.82) is 5.26 Å². The van der Waals surface area contributed by atoms with Gasteiger partial charge in [-0.15, -0.1) is 0 Å². The van der Waals surface area contributed by atoms with Crippen molar-refractivity contribution in [2.24, 2.45) is 0 Å². The van der Waals surface area contributed by atoms with Crippen LogP contribution in [-0.2, 0) is 4.74 Å². The van der Waals surface area contributed by atoms with Crippen LogP contribution in [0.5, 0.6) is 0 Å². The second kappa shape index (κ2) is 3.62. The highest BCUT2D eigenvalue weighted by Gasteiger charge is 2.63. The van der Waals surface area contributed by atoms with Crippen molar-refractivity contribution < 1.29 is 4.74 Å². The topological polar surface area (TPSA) is 33.0 Å². The maximum atomic E-state index is 9.14. The predicted octanol–water partition coefficient (Wildman–Crippen LogP) is 3.17. The van der Waals surface area contributed by atoms with Crippen LogP contribution in [0.2, 0.25) is 25.7 Å². The van der Waals surface area contributed by atoms with Crippen molar-refractivity contribution in [3.8, 4) is 6.07 Å². The quantitative estimate of drug-likeness (QED) is 0.433. The fourth-order valence-electron chi connectivity index (χ4n) is 2.27. The second-order valence-electron chi connectivity index (χ2n) is 5.46. The van der Waals surface area contributed by atoms with Gasteiger partial charge in [0, 0.05) is 21.6 Å². The average Bonchev–Trinajstić information content (AvgIpc) is 2.12. The van der Waals surface area contributed by atoms with E-state index in [2.05, 4.69) is 32.3 Å².